The molecular formula is C21H14BrN2NoO-. The molecule has 0 amide bonds. The van der Waals surface area contributed by atoms with Crippen LogP contribution in [-0.2, 0) is 0 Å². The van der Waals surface area contributed by atoms with E-state index in [0.29, 0.717) is 5.36 Å². The Labute approximate surface area is 153 Å². The molecule has 0 saturated carbocycles. The monoisotopic (exact) mass is 648 g/mol. The molecule has 0 saturated heterocycles. The Morgan fingerprint density at radius 2 is 1.50 bits per heavy atom. The number of benzene rings is 3. The topological polar surface area (TPSA) is 34.4 Å². The maximum absolute atomic E-state index is 12.8. The summed E-state index contributed by atoms with van der Waals surface area (Å²) in [6.07, 6.45) is 0. The van der Waals surface area contributed by atoms with Crippen molar-refractivity contribution in [2.75, 3.05) is 0 Å². The number of pyridine rings is 1. The van der Waals surface area contributed by atoms with Gasteiger partial charge in [0.1, 0.15) is 0 Å². The van der Waals surface area contributed by atoms with Crippen LogP contribution in [0, 0.1) is 0 Å². The van der Waals surface area contributed by atoms with Gasteiger partial charge in [-0.1, -0.05) is 57.7 Å². The average Bonchev–Trinajstić information content (AvgIpc) is 2.64. The Bertz CT molecular complexity index is 1160. The third kappa shape index (κ3) is 3.06. The molecule has 1 heterocycles. The number of nitrogens with zero attached hydrogens (tertiary/aromatic N) is 2. The van der Waals surface area contributed by atoms with Crippen molar-refractivity contribution in [3.05, 3.63) is 105 Å². The quantitative estimate of drug-likeness (QED) is 0.290. The molecule has 0 spiro atoms. The molecule has 0 aliphatic carbocycles. The van der Waals surface area contributed by atoms with Gasteiger partial charge in [-0.2, -0.15) is 0 Å². The van der Waals surface area contributed by atoms with Crippen molar-refractivity contribution in [1.29, 1.82) is 0 Å². The van der Waals surface area contributed by atoms with Crippen molar-refractivity contribution in [1.82, 2.24) is 4.57 Å². The summed E-state index contributed by atoms with van der Waals surface area (Å²) in [7, 11) is 0. The summed E-state index contributed by atoms with van der Waals surface area (Å²) in [6, 6.07) is 26.8. The second kappa shape index (κ2) is 6.95. The second-order valence-corrected chi connectivity index (χ2v) is 6.56. The third-order valence-electron chi connectivity index (χ3n) is 3.99. The Hall–Kier alpha value is -3.85. The van der Waals surface area contributed by atoms with Gasteiger partial charge in [-0.05, 0) is 41.9 Å². The average molecular weight is 649 g/mol. The number of rotatable bonds is 2. The predicted octanol–water partition coefficient (Wildman–Crippen LogP) is 4.70. The molecule has 3 nitrogen and oxygen atoms in total. The van der Waals surface area contributed by atoms with Gasteiger partial charge < -0.3 is 4.57 Å². The van der Waals surface area contributed by atoms with Crippen LogP contribution in [0.25, 0.3) is 16.6 Å². The molecule has 0 aliphatic heterocycles. The molecule has 1 aromatic heterocycles. The summed E-state index contributed by atoms with van der Waals surface area (Å²) in [6.45, 7) is 0. The van der Waals surface area contributed by atoms with Gasteiger partial charge in [0, 0.05) is 10.2 Å². The molecule has 0 unspecified atom stereocenters. The molecule has 5 heteroatoms. The summed E-state index contributed by atoms with van der Waals surface area (Å²) < 4.78 is 2.71. The van der Waals surface area contributed by atoms with Crippen molar-refractivity contribution in [2.45, 2.75) is 0 Å². The molecule has 26 heavy (non-hydrogen) atoms. The predicted molar refractivity (Wildman–Crippen MR) is 105 cm³/mol. The molecule has 0 atom stereocenters. The van der Waals surface area contributed by atoms with Gasteiger partial charge in [0.2, 0.25) is 0 Å². The summed E-state index contributed by atoms with van der Waals surface area (Å²) in [5.41, 5.74) is 2.40. The molecule has 0 radical (unpaired) electrons. The Kier molecular flexibility index (Phi) is 4.54. The maximum atomic E-state index is 12.8. The van der Waals surface area contributed by atoms with Crippen molar-refractivity contribution < 1.29 is 0 Å². The van der Waals surface area contributed by atoms with E-state index in [4.69, 9.17) is 0 Å². The fraction of sp³-hybridized carbons (Fsp3) is 0. The van der Waals surface area contributed by atoms with E-state index in [2.05, 4.69) is 20.9 Å². The maximum Gasteiger partial charge on any atom is 0.174 e. The Morgan fingerprint density at radius 3 is 2.23 bits per heavy atom. The molecular weight excluding hydrogens is 635 g/mol. The van der Waals surface area contributed by atoms with Crippen LogP contribution in [0.3, 0.4) is 0 Å². The van der Waals surface area contributed by atoms with Gasteiger partial charge in [0.25, 0.3) is 0 Å². The van der Waals surface area contributed by atoms with E-state index in [1.807, 2.05) is 78.9 Å². The van der Waals surface area contributed by atoms with E-state index >= 15 is 0 Å². The summed E-state index contributed by atoms with van der Waals surface area (Å²) in [5, 5.41) is 1.61. The van der Waals surface area contributed by atoms with E-state index in [1.54, 1.807) is 10.6 Å². The van der Waals surface area contributed by atoms with Crippen LogP contribution < -0.4 is 10.9 Å². The Morgan fingerprint density at radius 1 is 0.846 bits per heavy atom. The van der Waals surface area contributed by atoms with Gasteiger partial charge in [0.05, 0.1) is 5.69 Å². The number of halogens is 1. The Balaban J connectivity index is 0.00000196. The second-order valence-electron chi connectivity index (χ2n) is 5.64. The first kappa shape index (κ1) is 17.0. The molecule has 136 valence electrons. The molecule has 0 fully saturated rings. The van der Waals surface area contributed by atoms with Gasteiger partial charge in [-0.3, -0.25) is 9.79 Å². The smallest absolute Gasteiger partial charge is 0.174 e. The summed E-state index contributed by atoms with van der Waals surface area (Å²) in [5.74, 6) is 0. The van der Waals surface area contributed by atoms with Crippen LogP contribution in [-0.4, -0.2) is 4.57 Å². The zero-order chi connectivity index (χ0) is 17.2. The van der Waals surface area contributed by atoms with Crippen LogP contribution in [0.1, 0.15) is 0 Å². The first-order valence-corrected chi connectivity index (χ1v) is 8.69. The number of aromatic nitrogens is 1. The first-order valence-electron chi connectivity index (χ1n) is 7.90. The standard InChI is InChI=1S/C21H14BrN2O.No/c22-15-10-12-16(13-11-15)23-19-14-21(25)24(17-6-2-1-3-7-17)20-9-5-4-8-18(19)20;/h1-14H;/q-1;. The molecule has 0 N–H and O–H groups in total. The van der Waals surface area contributed by atoms with Crippen molar-refractivity contribution >= 4 is 32.5 Å². The minimum absolute atomic E-state index is 0. The SMILES string of the molecule is O=c1[cH-]c(=Nc2ccc(Br)cc2)c2ccccc2n1-c1ccccc1.[No]. The van der Waals surface area contributed by atoms with Gasteiger partial charge in [-0.25, -0.2) is 0 Å². The van der Waals surface area contributed by atoms with Crippen LogP contribution in [0.5, 0.6) is 0 Å². The van der Waals surface area contributed by atoms with Crippen molar-refractivity contribution in [3.63, 3.8) is 0 Å². The van der Waals surface area contributed by atoms with E-state index in [0.717, 1.165) is 26.8 Å². The van der Waals surface area contributed by atoms with E-state index in [1.165, 1.54) is 0 Å². The third-order valence-corrected chi connectivity index (χ3v) is 4.52. The molecule has 4 rings (SSSR count). The number of fused-ring (bicyclic) bond motifs is 1. The van der Waals surface area contributed by atoms with Gasteiger partial charge in [0.15, 0.2) is 5.56 Å². The summed E-state index contributed by atoms with van der Waals surface area (Å²) in [4.78, 5) is 17.5. The van der Waals surface area contributed by atoms with E-state index in [9.17, 15) is 4.79 Å². The van der Waals surface area contributed by atoms with Gasteiger partial charge >= 0.3 is 0 Å². The van der Waals surface area contributed by atoms with Crippen LogP contribution in [0.4, 0.5) is 5.69 Å². The van der Waals surface area contributed by atoms with Crippen LogP contribution in [0.15, 0.2) is 99.2 Å². The minimum Gasteiger partial charge on any atom is -0.309 e. The zero-order valence-electron chi connectivity index (χ0n) is 13.5. The molecule has 0 bridgehead atoms. The van der Waals surface area contributed by atoms with E-state index in [-0.39, 0.29) is 5.56 Å². The number of hydrogen-bond acceptors (Lipinski definition) is 2. The summed E-state index contributed by atoms with van der Waals surface area (Å²) >= 11 is 3.42. The molecule has 0 aliphatic rings. The largest absolute Gasteiger partial charge is 0.309 e. The fourth-order valence-corrected chi connectivity index (χ4v) is 3.12. The molecule has 3 aromatic carbocycles. The van der Waals surface area contributed by atoms with Crippen molar-refractivity contribution in [2.24, 2.45) is 4.99 Å². The fourth-order valence-electron chi connectivity index (χ4n) is 2.85. The molecule has 4 aromatic rings. The van der Waals surface area contributed by atoms with Crippen molar-refractivity contribution in [3.8, 4) is 5.69 Å². The normalized spacial score (nSPS) is 11.3. The minimum atomic E-state index is -0.0965. The number of para-hydroxylation sites is 2. The van der Waals surface area contributed by atoms with Crippen LogP contribution >= 0.6 is 15.9 Å². The first-order chi connectivity index (χ1) is 12.2. The number of hydrogen-bond donors (Lipinski definition) is 0. The zero-order valence-corrected chi connectivity index (χ0v) is 17.3. The van der Waals surface area contributed by atoms with Gasteiger partial charge in [-0.15, -0.1) is 17.5 Å². The van der Waals surface area contributed by atoms with E-state index < -0.39 is 0 Å². The van der Waals surface area contributed by atoms with Crippen LogP contribution in [0.2, 0.25) is 0 Å².